The Morgan fingerprint density at radius 2 is 1.50 bits per heavy atom. The van der Waals surface area contributed by atoms with Crippen molar-refractivity contribution in [2.45, 2.75) is 29.2 Å². The molecule has 20 heavy (non-hydrogen) atoms. The molecule has 0 amide bonds. The van der Waals surface area contributed by atoms with E-state index in [9.17, 15) is 0 Å². The van der Waals surface area contributed by atoms with Crippen LogP contribution in [0.4, 0.5) is 0 Å². The van der Waals surface area contributed by atoms with Crippen molar-refractivity contribution in [2.75, 3.05) is 0 Å². The number of benzene rings is 2. The van der Waals surface area contributed by atoms with E-state index in [2.05, 4.69) is 74.5 Å². The molecule has 1 aliphatic rings. The Morgan fingerprint density at radius 3 is 2.20 bits per heavy atom. The Hall–Kier alpha value is -1.29. The molecule has 2 aromatic carbocycles. The number of rotatable bonds is 4. The highest BCUT2D eigenvalue weighted by Gasteiger charge is 2.34. The normalized spacial score (nSPS) is 16.7. The molecule has 0 saturated carbocycles. The molecule has 1 unspecified atom stereocenters. The van der Waals surface area contributed by atoms with E-state index < -0.39 is 14.1 Å². The quantitative estimate of drug-likeness (QED) is 0.656. The standard InChI is InChI=1S/C15H11.2C2H5.Al/c1-2-6-12(7-3-1)15-10-13-8-4-5-9-14(13)11-15;2*1-2;/h1-11H;2*1H2,2H3;. The fourth-order valence-corrected chi connectivity index (χ4v) is 6.64. The van der Waals surface area contributed by atoms with Gasteiger partial charge < -0.3 is 0 Å². The average Bonchev–Trinajstić information content (AvgIpc) is 2.89. The summed E-state index contributed by atoms with van der Waals surface area (Å²) in [6, 6.07) is 19.9. The highest BCUT2D eigenvalue weighted by Crippen LogP contribution is 2.44. The molecule has 0 aliphatic heterocycles. The minimum Gasteiger partial charge on any atom is -0.0961 e. The van der Waals surface area contributed by atoms with E-state index in [1.165, 1.54) is 21.7 Å². The lowest BCUT2D eigenvalue weighted by Crippen LogP contribution is -2.21. The summed E-state index contributed by atoms with van der Waals surface area (Å²) in [4.78, 5) is 0. The Morgan fingerprint density at radius 1 is 0.850 bits per heavy atom. The Bertz CT molecular complexity index is 609. The largest absolute Gasteiger partial charge is 0.277 e. The van der Waals surface area contributed by atoms with Crippen LogP contribution in [0.25, 0.3) is 11.6 Å². The molecule has 2 aromatic rings. The molecule has 0 fully saturated rings. The van der Waals surface area contributed by atoms with Crippen LogP contribution in [0.1, 0.15) is 35.3 Å². The summed E-state index contributed by atoms with van der Waals surface area (Å²) >= 11 is -0.778. The van der Waals surface area contributed by atoms with Crippen LogP contribution in [-0.2, 0) is 0 Å². The van der Waals surface area contributed by atoms with Crippen LogP contribution < -0.4 is 0 Å². The van der Waals surface area contributed by atoms with Gasteiger partial charge in [0.15, 0.2) is 0 Å². The zero-order valence-corrected chi connectivity index (χ0v) is 13.5. The minimum absolute atomic E-state index is 0.698. The van der Waals surface area contributed by atoms with Crippen LogP contribution in [0.2, 0.25) is 10.6 Å². The second-order valence-corrected chi connectivity index (χ2v) is 9.47. The summed E-state index contributed by atoms with van der Waals surface area (Å²) in [6.07, 6.45) is 2.43. The lowest BCUT2D eigenvalue weighted by Gasteiger charge is -2.22. The first-order chi connectivity index (χ1) is 9.85. The predicted octanol–water partition coefficient (Wildman–Crippen LogP) is 5.40. The van der Waals surface area contributed by atoms with Gasteiger partial charge in [-0.05, 0) is 27.0 Å². The molecule has 1 atom stereocenters. The molecule has 3 rings (SSSR count). The number of hydrogen-bond acceptors (Lipinski definition) is 0. The SMILES string of the molecule is C[CH2][Al]([CH2]C)[CH]1C(c2ccccc2)=Cc2ccccc21. The zero-order valence-electron chi connectivity index (χ0n) is 12.3. The van der Waals surface area contributed by atoms with Crippen LogP contribution in [0.5, 0.6) is 0 Å². The molecule has 100 valence electrons. The van der Waals surface area contributed by atoms with Gasteiger partial charge in [-0.25, -0.2) is 0 Å². The third-order valence-electron chi connectivity index (χ3n) is 4.60. The first-order valence-corrected chi connectivity index (χ1v) is 10.0. The molecular formula is C19H21Al. The smallest absolute Gasteiger partial charge is 0.0961 e. The molecule has 1 heteroatoms. The van der Waals surface area contributed by atoms with Crippen LogP contribution in [0.15, 0.2) is 54.6 Å². The summed E-state index contributed by atoms with van der Waals surface area (Å²) in [5.74, 6) is 0. The van der Waals surface area contributed by atoms with Crippen molar-refractivity contribution in [1.29, 1.82) is 0 Å². The molecule has 0 nitrogen and oxygen atoms in total. The van der Waals surface area contributed by atoms with Gasteiger partial charge in [-0.3, -0.25) is 0 Å². The average molecular weight is 276 g/mol. The van der Waals surface area contributed by atoms with E-state index in [0.717, 1.165) is 0 Å². The monoisotopic (exact) mass is 276 g/mol. The third kappa shape index (κ3) is 2.37. The minimum atomic E-state index is -0.778. The van der Waals surface area contributed by atoms with E-state index in [1.807, 2.05) is 0 Å². The van der Waals surface area contributed by atoms with E-state index >= 15 is 0 Å². The number of hydrogen-bond donors (Lipinski definition) is 0. The topological polar surface area (TPSA) is 0 Å². The van der Waals surface area contributed by atoms with Gasteiger partial charge in [0, 0.05) is 0 Å². The van der Waals surface area contributed by atoms with Crippen molar-refractivity contribution in [3.8, 4) is 0 Å². The third-order valence-corrected chi connectivity index (χ3v) is 8.36. The molecule has 0 saturated heterocycles. The summed E-state index contributed by atoms with van der Waals surface area (Å²) in [5, 5.41) is 2.75. The van der Waals surface area contributed by atoms with Gasteiger partial charge in [-0.1, -0.05) is 85.1 Å². The highest BCUT2D eigenvalue weighted by molar-refractivity contribution is 6.63. The van der Waals surface area contributed by atoms with Crippen LogP contribution in [0.3, 0.4) is 0 Å². The van der Waals surface area contributed by atoms with Crippen molar-refractivity contribution < 1.29 is 0 Å². The molecular weight excluding hydrogens is 255 g/mol. The summed E-state index contributed by atoms with van der Waals surface area (Å²) in [5.41, 5.74) is 5.99. The van der Waals surface area contributed by atoms with Crippen LogP contribution in [0, 0.1) is 0 Å². The van der Waals surface area contributed by atoms with Crippen molar-refractivity contribution in [2.24, 2.45) is 0 Å². The zero-order chi connectivity index (χ0) is 13.9. The fraction of sp³-hybridized carbons (Fsp3) is 0.263. The van der Waals surface area contributed by atoms with Gasteiger partial charge in [0.2, 0.25) is 0 Å². The Balaban J connectivity index is 2.09. The van der Waals surface area contributed by atoms with Crippen molar-refractivity contribution >= 4 is 25.8 Å². The van der Waals surface area contributed by atoms with Gasteiger partial charge >= 0.3 is 0 Å². The molecule has 0 N–H and O–H groups in total. The van der Waals surface area contributed by atoms with Gasteiger partial charge in [0.1, 0.15) is 0 Å². The lowest BCUT2D eigenvalue weighted by atomic mass is 10.0. The number of allylic oxidation sites excluding steroid dienone is 1. The maximum Gasteiger partial charge on any atom is 0.277 e. The van der Waals surface area contributed by atoms with Crippen molar-refractivity contribution in [1.82, 2.24) is 0 Å². The van der Waals surface area contributed by atoms with E-state index in [0.29, 0.717) is 4.78 Å². The Labute approximate surface area is 126 Å². The second kappa shape index (κ2) is 6.00. The van der Waals surface area contributed by atoms with Crippen molar-refractivity contribution in [3.05, 3.63) is 71.3 Å². The van der Waals surface area contributed by atoms with E-state index in [-0.39, 0.29) is 0 Å². The summed E-state index contributed by atoms with van der Waals surface area (Å²) < 4.78 is 0.698. The van der Waals surface area contributed by atoms with Crippen molar-refractivity contribution in [3.63, 3.8) is 0 Å². The molecule has 0 aromatic heterocycles. The van der Waals surface area contributed by atoms with Gasteiger partial charge in [0.05, 0.1) is 0 Å². The van der Waals surface area contributed by atoms with Gasteiger partial charge in [0.25, 0.3) is 14.1 Å². The highest BCUT2D eigenvalue weighted by atomic mass is 27.2. The lowest BCUT2D eigenvalue weighted by molar-refractivity contribution is 1.14. The van der Waals surface area contributed by atoms with Gasteiger partial charge in [-0.2, -0.15) is 0 Å². The van der Waals surface area contributed by atoms with Gasteiger partial charge in [-0.15, -0.1) is 0 Å². The van der Waals surface area contributed by atoms with Crippen LogP contribution in [-0.4, -0.2) is 14.1 Å². The van der Waals surface area contributed by atoms with E-state index in [1.54, 1.807) is 11.1 Å². The maximum atomic E-state index is 2.43. The summed E-state index contributed by atoms with van der Waals surface area (Å²) in [6.45, 7) is 4.76. The molecule has 1 aliphatic carbocycles. The molecule has 0 radical (unpaired) electrons. The van der Waals surface area contributed by atoms with E-state index in [4.69, 9.17) is 0 Å². The molecule has 0 heterocycles. The second-order valence-electron chi connectivity index (χ2n) is 5.65. The maximum absolute atomic E-state index is 2.43. The first kappa shape index (κ1) is 13.7. The predicted molar refractivity (Wildman–Crippen MR) is 90.2 cm³/mol. The number of fused-ring (bicyclic) bond motifs is 1. The first-order valence-electron chi connectivity index (χ1n) is 7.71. The van der Waals surface area contributed by atoms with Crippen LogP contribution >= 0.6 is 0 Å². The molecule has 0 spiro atoms. The fourth-order valence-electron chi connectivity index (χ4n) is 3.51. The molecule has 0 bridgehead atoms. The Kier molecular flexibility index (Phi) is 4.11. The summed E-state index contributed by atoms with van der Waals surface area (Å²) in [7, 11) is 0.